The lowest BCUT2D eigenvalue weighted by Crippen LogP contribution is -2.40. The first kappa shape index (κ1) is 13.3. The summed E-state index contributed by atoms with van der Waals surface area (Å²) in [6, 6.07) is 4.35. The molecule has 0 amide bonds. The van der Waals surface area contributed by atoms with Crippen molar-refractivity contribution in [1.82, 2.24) is 0 Å². The van der Waals surface area contributed by atoms with Crippen LogP contribution in [0.4, 0.5) is 17.6 Å². The van der Waals surface area contributed by atoms with Gasteiger partial charge in [-0.3, -0.25) is 0 Å². The van der Waals surface area contributed by atoms with Gasteiger partial charge in [0.15, 0.2) is 0 Å². The highest BCUT2D eigenvalue weighted by Crippen LogP contribution is 2.41. The zero-order chi connectivity index (χ0) is 12.6. The van der Waals surface area contributed by atoms with Gasteiger partial charge in [0, 0.05) is 15.9 Å². The molecule has 90 valence electrons. The van der Waals surface area contributed by atoms with Crippen LogP contribution in [0, 0.1) is 13.8 Å². The summed E-state index contributed by atoms with van der Waals surface area (Å²) in [7, 11) is 0. The van der Waals surface area contributed by atoms with Crippen LogP contribution in [0.1, 0.15) is 11.1 Å². The van der Waals surface area contributed by atoms with Crippen molar-refractivity contribution in [2.24, 2.45) is 0 Å². The molecule has 0 aliphatic rings. The Morgan fingerprint density at radius 3 is 2.19 bits per heavy atom. The highest BCUT2D eigenvalue weighted by molar-refractivity contribution is 9.10. The van der Waals surface area contributed by atoms with Crippen molar-refractivity contribution in [2.75, 3.05) is 0 Å². The number of benzene rings is 1. The summed E-state index contributed by atoms with van der Waals surface area (Å²) in [5.74, 6) is -0.260. The van der Waals surface area contributed by atoms with Gasteiger partial charge in [-0.25, -0.2) is 0 Å². The molecule has 0 bridgehead atoms. The third-order valence-corrected chi connectivity index (χ3v) is 2.58. The van der Waals surface area contributed by atoms with Crippen LogP contribution in [0.2, 0.25) is 0 Å². The zero-order valence-corrected chi connectivity index (χ0v) is 10.1. The number of aryl methyl sites for hydroxylation is 1. The molecule has 6 heteroatoms. The molecule has 0 N–H and O–H groups in total. The van der Waals surface area contributed by atoms with E-state index in [4.69, 9.17) is 0 Å². The average Bonchev–Trinajstić information content (AvgIpc) is 2.11. The first-order chi connectivity index (χ1) is 7.15. The second-order valence-corrected chi connectivity index (χ2v) is 4.31. The lowest BCUT2D eigenvalue weighted by Gasteiger charge is -2.23. The van der Waals surface area contributed by atoms with E-state index in [2.05, 4.69) is 4.74 Å². The van der Waals surface area contributed by atoms with Crippen molar-refractivity contribution in [1.29, 1.82) is 0 Å². The molecule has 0 atom stereocenters. The number of rotatable bonds is 3. The Morgan fingerprint density at radius 2 is 1.69 bits per heavy atom. The molecule has 1 aromatic rings. The van der Waals surface area contributed by atoms with Gasteiger partial charge >= 0.3 is 10.9 Å². The molecular formula is C10H9BrF4O. The van der Waals surface area contributed by atoms with Gasteiger partial charge in [0.2, 0.25) is 0 Å². The Balaban J connectivity index is 3.02. The van der Waals surface area contributed by atoms with E-state index in [1.54, 1.807) is 28.9 Å². The summed E-state index contributed by atoms with van der Waals surface area (Å²) in [5, 5.41) is 0. The van der Waals surface area contributed by atoms with Crippen molar-refractivity contribution in [3.63, 3.8) is 0 Å². The fourth-order valence-electron chi connectivity index (χ4n) is 1.03. The summed E-state index contributed by atoms with van der Waals surface area (Å²) in [6.45, 7) is 3.19. The van der Waals surface area contributed by atoms with Gasteiger partial charge < -0.3 is 4.74 Å². The van der Waals surface area contributed by atoms with E-state index in [1.807, 2.05) is 0 Å². The fourth-order valence-corrected chi connectivity index (χ4v) is 1.11. The van der Waals surface area contributed by atoms with Gasteiger partial charge in [-0.05, 0) is 31.0 Å². The maximum Gasteiger partial charge on any atom is 0.475 e. The molecule has 0 radical (unpaired) electrons. The smallest absolute Gasteiger partial charge is 0.427 e. The van der Waals surface area contributed by atoms with Crippen molar-refractivity contribution in [2.45, 2.75) is 24.8 Å². The fraction of sp³-hybridized carbons (Fsp3) is 0.400. The second kappa shape index (κ2) is 4.24. The van der Waals surface area contributed by atoms with Crippen molar-refractivity contribution >= 4 is 15.9 Å². The van der Waals surface area contributed by atoms with E-state index in [0.29, 0.717) is 11.1 Å². The predicted octanol–water partition coefficient (Wildman–Crippen LogP) is 4.26. The lowest BCUT2D eigenvalue weighted by atomic mass is 10.1. The number of hydrogen-bond donors (Lipinski definition) is 0. The first-order valence-electron chi connectivity index (χ1n) is 4.35. The minimum Gasteiger partial charge on any atom is -0.427 e. The predicted molar refractivity (Wildman–Crippen MR) is 55.4 cm³/mol. The molecule has 0 heterocycles. The van der Waals surface area contributed by atoms with Crippen LogP contribution in [0.15, 0.2) is 18.2 Å². The molecule has 0 spiro atoms. The molecule has 0 saturated heterocycles. The summed E-state index contributed by atoms with van der Waals surface area (Å²) >= 11 is 1.59. The van der Waals surface area contributed by atoms with Gasteiger partial charge in [0.25, 0.3) is 0 Å². The van der Waals surface area contributed by atoms with E-state index in [9.17, 15) is 17.6 Å². The van der Waals surface area contributed by atoms with Crippen LogP contribution in [0.3, 0.4) is 0 Å². The Bertz CT molecular complexity index is 387. The molecule has 16 heavy (non-hydrogen) atoms. The molecule has 0 aromatic heterocycles. The monoisotopic (exact) mass is 300 g/mol. The van der Waals surface area contributed by atoms with Crippen LogP contribution in [0.5, 0.6) is 5.75 Å². The van der Waals surface area contributed by atoms with E-state index in [-0.39, 0.29) is 5.75 Å². The summed E-state index contributed by atoms with van der Waals surface area (Å²) in [4.78, 5) is -4.41. The minimum atomic E-state index is -4.59. The maximum atomic E-state index is 12.9. The molecular weight excluding hydrogens is 292 g/mol. The van der Waals surface area contributed by atoms with Gasteiger partial charge in [-0.15, -0.1) is 0 Å². The molecule has 0 unspecified atom stereocenters. The van der Waals surface area contributed by atoms with Crippen LogP contribution < -0.4 is 4.74 Å². The zero-order valence-electron chi connectivity index (χ0n) is 8.53. The largest absolute Gasteiger partial charge is 0.475 e. The second-order valence-electron chi connectivity index (χ2n) is 3.31. The molecule has 1 rings (SSSR count). The third-order valence-electron chi connectivity index (χ3n) is 2.12. The maximum absolute atomic E-state index is 12.9. The molecule has 1 nitrogen and oxygen atoms in total. The van der Waals surface area contributed by atoms with E-state index in [1.165, 1.54) is 19.1 Å². The molecule has 0 aliphatic carbocycles. The number of halogens is 5. The lowest BCUT2D eigenvalue weighted by molar-refractivity contribution is -0.266. The van der Waals surface area contributed by atoms with Gasteiger partial charge in [-0.1, -0.05) is 12.1 Å². The standard InChI is InChI=1S/C10H9BrF4O/c1-6-4-3-5-8(7(6)2)16-10(14,15)9(11,12)13/h3-5H,1-2H3. The molecule has 0 saturated carbocycles. The van der Waals surface area contributed by atoms with Crippen molar-refractivity contribution < 1.29 is 22.3 Å². The van der Waals surface area contributed by atoms with Crippen LogP contribution >= 0.6 is 15.9 Å². The molecule has 0 aliphatic heterocycles. The summed E-state index contributed by atoms with van der Waals surface area (Å²) in [6.07, 6.45) is -4.59. The Kier molecular flexibility index (Phi) is 3.52. The normalized spacial score (nSPS) is 12.7. The van der Waals surface area contributed by atoms with Gasteiger partial charge in [-0.2, -0.15) is 17.6 Å². The highest BCUT2D eigenvalue weighted by Gasteiger charge is 2.57. The SMILES string of the molecule is Cc1cccc(OC(F)(F)C(F)(F)Br)c1C. The quantitative estimate of drug-likeness (QED) is 0.598. The van der Waals surface area contributed by atoms with E-state index in [0.717, 1.165) is 0 Å². The molecule has 1 aromatic carbocycles. The average molecular weight is 301 g/mol. The first-order valence-corrected chi connectivity index (χ1v) is 5.14. The third kappa shape index (κ3) is 2.66. The minimum absolute atomic E-state index is 0.260. The summed E-state index contributed by atoms with van der Waals surface area (Å²) < 4.78 is 54.8. The van der Waals surface area contributed by atoms with Gasteiger partial charge in [0.1, 0.15) is 5.75 Å². The topological polar surface area (TPSA) is 9.23 Å². The Hall–Kier alpha value is -0.780. The highest BCUT2D eigenvalue weighted by atomic mass is 79.9. The number of hydrogen-bond acceptors (Lipinski definition) is 1. The van der Waals surface area contributed by atoms with Crippen LogP contribution in [0.25, 0.3) is 0 Å². The van der Waals surface area contributed by atoms with Crippen LogP contribution in [-0.2, 0) is 0 Å². The van der Waals surface area contributed by atoms with E-state index < -0.39 is 10.9 Å². The summed E-state index contributed by atoms with van der Waals surface area (Å²) in [5.41, 5.74) is 1.09. The number of alkyl halides is 5. The Labute approximate surface area is 98.5 Å². The van der Waals surface area contributed by atoms with Crippen molar-refractivity contribution in [3.8, 4) is 5.75 Å². The van der Waals surface area contributed by atoms with Gasteiger partial charge in [0.05, 0.1) is 0 Å². The van der Waals surface area contributed by atoms with E-state index >= 15 is 0 Å². The molecule has 0 fully saturated rings. The van der Waals surface area contributed by atoms with Crippen molar-refractivity contribution in [3.05, 3.63) is 29.3 Å². The Morgan fingerprint density at radius 1 is 1.12 bits per heavy atom. The number of ether oxygens (including phenoxy) is 1. The van der Waals surface area contributed by atoms with Crippen LogP contribution in [-0.4, -0.2) is 10.9 Å².